The highest BCUT2D eigenvalue weighted by Gasteiger charge is 2.15. The lowest BCUT2D eigenvalue weighted by molar-refractivity contribution is -0.112. The van der Waals surface area contributed by atoms with Gasteiger partial charge < -0.3 is 14.8 Å². The van der Waals surface area contributed by atoms with E-state index in [0.717, 1.165) is 25.7 Å². The number of nitrogens with one attached hydrogen (secondary N) is 1. The van der Waals surface area contributed by atoms with Gasteiger partial charge in [0.25, 0.3) is 5.91 Å². The second-order valence-electron chi connectivity index (χ2n) is 6.80. The van der Waals surface area contributed by atoms with Gasteiger partial charge >= 0.3 is 0 Å². The molecule has 2 rings (SSSR count). The summed E-state index contributed by atoms with van der Waals surface area (Å²) in [6.07, 6.45) is 5.70. The number of ether oxygens (including phenoxy) is 2. The number of nitriles is 1. The van der Waals surface area contributed by atoms with Crippen LogP contribution in [0.2, 0.25) is 5.02 Å². The first-order valence-electron chi connectivity index (χ1n) is 10.3. The highest BCUT2D eigenvalue weighted by molar-refractivity contribution is 6.32. The normalized spacial score (nSPS) is 11.0. The van der Waals surface area contributed by atoms with Crippen LogP contribution in [0.15, 0.2) is 42.0 Å². The number of nitrogens with zero attached hydrogens (tertiary/aromatic N) is 1. The molecule has 0 radical (unpaired) electrons. The lowest BCUT2D eigenvalue weighted by Gasteiger charge is -2.14. The summed E-state index contributed by atoms with van der Waals surface area (Å²) in [5.41, 5.74) is 0.779. The average Bonchev–Trinajstić information content (AvgIpc) is 2.75. The van der Waals surface area contributed by atoms with E-state index >= 15 is 0 Å². The first-order chi connectivity index (χ1) is 15.0. The number of hydrogen-bond acceptors (Lipinski definition) is 4. The zero-order valence-electron chi connectivity index (χ0n) is 17.7. The van der Waals surface area contributed by atoms with Crippen molar-refractivity contribution in [2.75, 3.05) is 18.5 Å². The van der Waals surface area contributed by atoms with Gasteiger partial charge in [0.05, 0.1) is 18.2 Å². The van der Waals surface area contributed by atoms with Crippen molar-refractivity contribution < 1.29 is 18.7 Å². The van der Waals surface area contributed by atoms with Crippen molar-refractivity contribution in [3.05, 3.63) is 58.4 Å². The summed E-state index contributed by atoms with van der Waals surface area (Å²) in [4.78, 5) is 12.4. The molecule has 5 nitrogen and oxygen atoms in total. The van der Waals surface area contributed by atoms with Gasteiger partial charge in [-0.2, -0.15) is 5.26 Å². The van der Waals surface area contributed by atoms with Gasteiger partial charge in [0.1, 0.15) is 17.5 Å². The minimum absolute atomic E-state index is 0.129. The van der Waals surface area contributed by atoms with Crippen molar-refractivity contribution >= 4 is 29.3 Å². The molecule has 2 aromatic carbocycles. The van der Waals surface area contributed by atoms with Crippen LogP contribution in [0.25, 0.3) is 6.08 Å². The summed E-state index contributed by atoms with van der Waals surface area (Å²) in [6.45, 7) is 4.93. The average molecular weight is 445 g/mol. The van der Waals surface area contributed by atoms with Crippen molar-refractivity contribution in [2.45, 2.75) is 39.5 Å². The van der Waals surface area contributed by atoms with Crippen molar-refractivity contribution in [1.29, 1.82) is 5.26 Å². The van der Waals surface area contributed by atoms with Gasteiger partial charge in [-0.25, -0.2) is 4.39 Å². The number of carbonyl (C=O) groups excluding carboxylic acids is 1. The minimum atomic E-state index is -0.612. The molecule has 0 aromatic heterocycles. The molecule has 7 heteroatoms. The Morgan fingerprint density at radius 2 is 1.90 bits per heavy atom. The maximum atomic E-state index is 13.0. The SMILES string of the molecule is CCCCCCOc1c(Cl)cc(/C=C(\C#N)C(=O)Nc2ccc(F)cc2)cc1OCC. The van der Waals surface area contributed by atoms with Crippen LogP contribution in [0, 0.1) is 17.1 Å². The van der Waals surface area contributed by atoms with Crippen LogP contribution >= 0.6 is 11.6 Å². The monoisotopic (exact) mass is 444 g/mol. The Kier molecular flexibility index (Phi) is 9.86. The number of carbonyl (C=O) groups is 1. The molecule has 0 bridgehead atoms. The van der Waals surface area contributed by atoms with E-state index in [4.69, 9.17) is 21.1 Å². The van der Waals surface area contributed by atoms with Gasteiger partial charge in [-0.05, 0) is 61.4 Å². The van der Waals surface area contributed by atoms with E-state index in [1.165, 1.54) is 30.3 Å². The van der Waals surface area contributed by atoms with Gasteiger partial charge in [0.15, 0.2) is 11.5 Å². The third-order valence-electron chi connectivity index (χ3n) is 4.35. The van der Waals surface area contributed by atoms with Crippen molar-refractivity contribution in [3.63, 3.8) is 0 Å². The number of halogens is 2. The molecule has 2 aromatic rings. The fourth-order valence-electron chi connectivity index (χ4n) is 2.82. The van der Waals surface area contributed by atoms with Gasteiger partial charge in [0.2, 0.25) is 0 Å². The highest BCUT2D eigenvalue weighted by Crippen LogP contribution is 2.37. The third-order valence-corrected chi connectivity index (χ3v) is 4.63. The first kappa shape index (κ1) is 24.2. The van der Waals surface area contributed by atoms with Crippen LogP contribution in [-0.4, -0.2) is 19.1 Å². The number of hydrogen-bond donors (Lipinski definition) is 1. The van der Waals surface area contributed by atoms with E-state index < -0.39 is 11.7 Å². The number of unbranched alkanes of at least 4 members (excludes halogenated alkanes) is 3. The molecule has 0 spiro atoms. The quantitative estimate of drug-likeness (QED) is 0.248. The number of anilines is 1. The summed E-state index contributed by atoms with van der Waals surface area (Å²) in [5, 5.41) is 12.3. The Hall–Kier alpha value is -3.04. The van der Waals surface area contributed by atoms with E-state index in [2.05, 4.69) is 12.2 Å². The molecule has 0 aliphatic carbocycles. The van der Waals surface area contributed by atoms with Crippen LogP contribution < -0.4 is 14.8 Å². The predicted octanol–water partition coefficient (Wildman–Crippen LogP) is 6.38. The summed E-state index contributed by atoms with van der Waals surface area (Å²) >= 11 is 6.41. The van der Waals surface area contributed by atoms with E-state index in [-0.39, 0.29) is 5.57 Å². The Bertz CT molecular complexity index is 953. The maximum absolute atomic E-state index is 13.0. The molecule has 1 amide bonds. The lowest BCUT2D eigenvalue weighted by atomic mass is 10.1. The Morgan fingerprint density at radius 1 is 1.16 bits per heavy atom. The molecule has 0 saturated heterocycles. The van der Waals surface area contributed by atoms with Gasteiger partial charge in [0, 0.05) is 5.69 Å². The molecule has 0 heterocycles. The molecule has 164 valence electrons. The van der Waals surface area contributed by atoms with Crippen molar-refractivity contribution in [1.82, 2.24) is 0 Å². The zero-order valence-corrected chi connectivity index (χ0v) is 18.5. The number of benzene rings is 2. The fraction of sp³-hybridized carbons (Fsp3) is 0.333. The molecule has 0 saturated carbocycles. The molecule has 1 N–H and O–H groups in total. The van der Waals surface area contributed by atoms with Crippen LogP contribution in [0.4, 0.5) is 10.1 Å². The molecular weight excluding hydrogens is 419 g/mol. The van der Waals surface area contributed by atoms with Gasteiger partial charge in [-0.15, -0.1) is 0 Å². The third kappa shape index (κ3) is 7.62. The predicted molar refractivity (Wildman–Crippen MR) is 121 cm³/mol. The van der Waals surface area contributed by atoms with Crippen LogP contribution in [0.3, 0.4) is 0 Å². The number of rotatable bonds is 11. The molecule has 31 heavy (non-hydrogen) atoms. The standard InChI is InChI=1S/C24H26ClFN2O3/c1-3-5-6-7-12-31-23-21(25)14-17(15-22(23)30-4-2)13-18(16-27)24(29)28-20-10-8-19(26)9-11-20/h8-11,13-15H,3-7,12H2,1-2H3,(H,28,29)/b18-13+. The minimum Gasteiger partial charge on any atom is -0.490 e. The second kappa shape index (κ2) is 12.6. The molecule has 0 atom stereocenters. The molecule has 0 aliphatic heterocycles. The van der Waals surface area contributed by atoms with E-state index in [1.807, 2.05) is 13.0 Å². The van der Waals surface area contributed by atoms with Crippen LogP contribution in [0.1, 0.15) is 45.1 Å². The summed E-state index contributed by atoms with van der Waals surface area (Å²) in [7, 11) is 0. The van der Waals surface area contributed by atoms with E-state index in [1.54, 1.807) is 12.1 Å². The molecule has 0 fully saturated rings. The first-order valence-corrected chi connectivity index (χ1v) is 10.6. The summed E-state index contributed by atoms with van der Waals surface area (Å²) in [5.74, 6) is -0.126. The second-order valence-corrected chi connectivity index (χ2v) is 7.21. The highest BCUT2D eigenvalue weighted by atomic mass is 35.5. The van der Waals surface area contributed by atoms with Gasteiger partial charge in [-0.1, -0.05) is 37.8 Å². The maximum Gasteiger partial charge on any atom is 0.266 e. The van der Waals surface area contributed by atoms with E-state index in [9.17, 15) is 14.4 Å². The summed E-state index contributed by atoms with van der Waals surface area (Å²) in [6, 6.07) is 10.5. The zero-order chi connectivity index (χ0) is 22.6. The van der Waals surface area contributed by atoms with Crippen LogP contribution in [-0.2, 0) is 4.79 Å². The van der Waals surface area contributed by atoms with Crippen molar-refractivity contribution in [2.24, 2.45) is 0 Å². The molecule has 0 unspecified atom stereocenters. The summed E-state index contributed by atoms with van der Waals surface area (Å²) < 4.78 is 24.5. The van der Waals surface area contributed by atoms with Crippen molar-refractivity contribution in [3.8, 4) is 17.6 Å². The Balaban J connectivity index is 2.20. The topological polar surface area (TPSA) is 71.3 Å². The molecular formula is C24H26ClFN2O3. The number of amides is 1. The van der Waals surface area contributed by atoms with Gasteiger partial charge in [-0.3, -0.25) is 4.79 Å². The smallest absolute Gasteiger partial charge is 0.266 e. The Labute approximate surface area is 187 Å². The Morgan fingerprint density at radius 3 is 2.55 bits per heavy atom. The lowest BCUT2D eigenvalue weighted by Crippen LogP contribution is -2.13. The fourth-order valence-corrected chi connectivity index (χ4v) is 3.10. The molecule has 0 aliphatic rings. The largest absolute Gasteiger partial charge is 0.490 e. The van der Waals surface area contributed by atoms with E-state index in [0.29, 0.717) is 41.0 Å². The van der Waals surface area contributed by atoms with Crippen LogP contribution in [0.5, 0.6) is 11.5 Å².